The molecule has 1 fully saturated rings. The third-order valence-corrected chi connectivity index (χ3v) is 3.92. The van der Waals surface area contributed by atoms with Crippen molar-refractivity contribution in [2.75, 3.05) is 6.54 Å². The molecule has 1 saturated carbocycles. The summed E-state index contributed by atoms with van der Waals surface area (Å²) in [7, 11) is 0. The second kappa shape index (κ2) is 2.87. The largest absolute Gasteiger partial charge is 0.337 e. The van der Waals surface area contributed by atoms with Gasteiger partial charge in [0.25, 0.3) is 0 Å². The van der Waals surface area contributed by atoms with Gasteiger partial charge in [-0.15, -0.1) is 0 Å². The normalized spacial score (nSPS) is 23.8. The third kappa shape index (κ3) is 1.50. The number of nitrogens with two attached hydrogens (primary N) is 1. The second-order valence-electron chi connectivity index (χ2n) is 4.85. The van der Waals surface area contributed by atoms with Gasteiger partial charge in [0.1, 0.15) is 0 Å². The minimum atomic E-state index is -0.307. The van der Waals surface area contributed by atoms with Crippen LogP contribution in [0.25, 0.3) is 0 Å². The first-order valence-electron chi connectivity index (χ1n) is 4.58. The molecule has 1 rings (SSSR count). The Kier molecular flexibility index (Phi) is 2.28. The highest BCUT2D eigenvalue weighted by molar-refractivity contribution is 5.73. The number of carbonyl (C=O) groups is 1. The molecule has 1 aliphatic carbocycles. The van der Waals surface area contributed by atoms with Gasteiger partial charge in [-0.25, -0.2) is 10.6 Å². The van der Waals surface area contributed by atoms with Crippen LogP contribution in [0.3, 0.4) is 0 Å². The topological polar surface area (TPSA) is 67.2 Å². The van der Waals surface area contributed by atoms with E-state index in [1.54, 1.807) is 0 Å². The van der Waals surface area contributed by atoms with Crippen molar-refractivity contribution in [3.63, 3.8) is 0 Å². The summed E-state index contributed by atoms with van der Waals surface area (Å²) in [5.41, 5.74) is 2.68. The number of rotatable bonds is 2. The molecule has 76 valence electrons. The Bertz CT molecular complexity index is 209. The number of hydrazine groups is 1. The predicted octanol–water partition coefficient (Wildman–Crippen LogP) is 0.841. The minimum absolute atomic E-state index is 0.307. The Balaban J connectivity index is 2.38. The highest BCUT2D eigenvalue weighted by Crippen LogP contribution is 2.67. The Morgan fingerprint density at radius 2 is 1.77 bits per heavy atom. The summed E-state index contributed by atoms with van der Waals surface area (Å²) in [6.45, 7) is 9.59. The molecule has 13 heavy (non-hydrogen) atoms. The second-order valence-corrected chi connectivity index (χ2v) is 4.85. The molecule has 0 spiro atoms. The molecule has 0 aliphatic heterocycles. The molecular weight excluding hydrogens is 166 g/mol. The SMILES string of the molecule is CC1(C)C(CNC(=O)NN)C1(C)C. The van der Waals surface area contributed by atoms with E-state index in [1.807, 2.05) is 0 Å². The molecule has 0 saturated heterocycles. The van der Waals surface area contributed by atoms with Crippen molar-refractivity contribution in [1.82, 2.24) is 10.7 Å². The maximum absolute atomic E-state index is 10.8. The summed E-state index contributed by atoms with van der Waals surface area (Å²) in [6, 6.07) is -0.307. The molecule has 0 aromatic carbocycles. The molecular formula is C9H19N3O. The first-order valence-corrected chi connectivity index (χ1v) is 4.58. The van der Waals surface area contributed by atoms with E-state index in [0.29, 0.717) is 23.3 Å². The van der Waals surface area contributed by atoms with E-state index in [0.717, 1.165) is 0 Å². The smallest absolute Gasteiger partial charge is 0.328 e. The van der Waals surface area contributed by atoms with Crippen molar-refractivity contribution >= 4 is 6.03 Å². The molecule has 0 unspecified atom stereocenters. The van der Waals surface area contributed by atoms with Crippen LogP contribution in [0.4, 0.5) is 4.79 Å². The number of hydrogen-bond acceptors (Lipinski definition) is 2. The molecule has 4 heteroatoms. The molecule has 0 radical (unpaired) electrons. The molecule has 0 heterocycles. The zero-order valence-electron chi connectivity index (χ0n) is 8.77. The van der Waals surface area contributed by atoms with Crippen LogP contribution in [-0.4, -0.2) is 12.6 Å². The molecule has 0 bridgehead atoms. The van der Waals surface area contributed by atoms with Gasteiger partial charge in [-0.3, -0.25) is 5.43 Å². The minimum Gasteiger partial charge on any atom is -0.337 e. The van der Waals surface area contributed by atoms with E-state index in [-0.39, 0.29) is 6.03 Å². The van der Waals surface area contributed by atoms with Gasteiger partial charge < -0.3 is 5.32 Å². The zero-order valence-corrected chi connectivity index (χ0v) is 8.77. The average molecular weight is 185 g/mol. The quantitative estimate of drug-likeness (QED) is 0.339. The third-order valence-electron chi connectivity index (χ3n) is 3.92. The average Bonchev–Trinajstić information content (AvgIpc) is 2.40. The maximum atomic E-state index is 10.8. The van der Waals surface area contributed by atoms with Gasteiger partial charge in [-0.1, -0.05) is 27.7 Å². The van der Waals surface area contributed by atoms with Crippen molar-refractivity contribution in [2.24, 2.45) is 22.6 Å². The van der Waals surface area contributed by atoms with Crippen LogP contribution in [0, 0.1) is 16.7 Å². The van der Waals surface area contributed by atoms with E-state index >= 15 is 0 Å². The lowest BCUT2D eigenvalue weighted by Crippen LogP contribution is -2.41. The number of nitrogens with one attached hydrogen (secondary N) is 2. The summed E-state index contributed by atoms with van der Waals surface area (Å²) >= 11 is 0. The van der Waals surface area contributed by atoms with E-state index in [9.17, 15) is 4.79 Å². The van der Waals surface area contributed by atoms with Gasteiger partial charge in [0.05, 0.1) is 0 Å². The Hall–Kier alpha value is -0.770. The van der Waals surface area contributed by atoms with E-state index in [4.69, 9.17) is 5.84 Å². The van der Waals surface area contributed by atoms with Gasteiger partial charge in [0, 0.05) is 6.54 Å². The molecule has 0 aromatic rings. The van der Waals surface area contributed by atoms with E-state index in [1.165, 1.54) is 0 Å². The van der Waals surface area contributed by atoms with E-state index < -0.39 is 0 Å². The monoisotopic (exact) mass is 185 g/mol. The molecule has 2 amide bonds. The summed E-state index contributed by atoms with van der Waals surface area (Å²) in [5, 5.41) is 2.73. The lowest BCUT2D eigenvalue weighted by molar-refractivity contribution is 0.240. The predicted molar refractivity (Wildman–Crippen MR) is 51.8 cm³/mol. The fourth-order valence-electron chi connectivity index (χ4n) is 2.09. The molecule has 4 N–H and O–H groups in total. The fraction of sp³-hybridized carbons (Fsp3) is 0.889. The first kappa shape index (κ1) is 10.3. The van der Waals surface area contributed by atoms with Gasteiger partial charge in [0.2, 0.25) is 0 Å². The van der Waals surface area contributed by atoms with Crippen LogP contribution in [0.15, 0.2) is 0 Å². The number of urea groups is 1. The Morgan fingerprint density at radius 3 is 2.08 bits per heavy atom. The fourth-order valence-corrected chi connectivity index (χ4v) is 2.09. The standard InChI is InChI=1S/C9H19N3O/c1-8(2)6(9(8,3)4)5-11-7(13)12-10/h6H,5,10H2,1-4H3,(H2,11,12,13). The van der Waals surface area contributed by atoms with Crippen molar-refractivity contribution in [3.05, 3.63) is 0 Å². The lowest BCUT2D eigenvalue weighted by atomic mass is 10.0. The highest BCUT2D eigenvalue weighted by atomic mass is 16.2. The lowest BCUT2D eigenvalue weighted by Gasteiger charge is -2.04. The Morgan fingerprint density at radius 1 is 1.31 bits per heavy atom. The molecule has 0 atom stereocenters. The summed E-state index contributed by atoms with van der Waals surface area (Å²) in [6.07, 6.45) is 0. The van der Waals surface area contributed by atoms with Gasteiger partial charge >= 0.3 is 6.03 Å². The van der Waals surface area contributed by atoms with Crippen LogP contribution >= 0.6 is 0 Å². The zero-order chi connectivity index (χ0) is 10.3. The van der Waals surface area contributed by atoms with Gasteiger partial charge in [-0.05, 0) is 16.7 Å². The van der Waals surface area contributed by atoms with Crippen molar-refractivity contribution in [2.45, 2.75) is 27.7 Å². The van der Waals surface area contributed by atoms with Crippen molar-refractivity contribution in [1.29, 1.82) is 0 Å². The first-order chi connectivity index (χ1) is 5.84. The molecule has 4 nitrogen and oxygen atoms in total. The number of hydrogen-bond donors (Lipinski definition) is 3. The summed E-state index contributed by atoms with van der Waals surface area (Å²) in [5.74, 6) is 5.49. The van der Waals surface area contributed by atoms with Crippen molar-refractivity contribution < 1.29 is 4.79 Å². The number of carbonyl (C=O) groups excluding carboxylic acids is 1. The van der Waals surface area contributed by atoms with Crippen LogP contribution in [0.2, 0.25) is 0 Å². The van der Waals surface area contributed by atoms with Gasteiger partial charge in [-0.2, -0.15) is 0 Å². The maximum Gasteiger partial charge on any atom is 0.328 e. The molecule has 0 aromatic heterocycles. The van der Waals surface area contributed by atoms with Crippen LogP contribution in [-0.2, 0) is 0 Å². The summed E-state index contributed by atoms with van der Waals surface area (Å²) in [4.78, 5) is 10.8. The van der Waals surface area contributed by atoms with E-state index in [2.05, 4.69) is 38.4 Å². The van der Waals surface area contributed by atoms with Crippen molar-refractivity contribution in [3.8, 4) is 0 Å². The van der Waals surface area contributed by atoms with Crippen LogP contribution < -0.4 is 16.6 Å². The van der Waals surface area contributed by atoms with Crippen LogP contribution in [0.1, 0.15) is 27.7 Å². The van der Waals surface area contributed by atoms with Crippen LogP contribution in [0.5, 0.6) is 0 Å². The van der Waals surface area contributed by atoms with Gasteiger partial charge in [0.15, 0.2) is 0 Å². The molecule has 1 aliphatic rings. The number of amides is 2. The summed E-state index contributed by atoms with van der Waals surface area (Å²) < 4.78 is 0. The Labute approximate surface area is 79.2 Å². The highest BCUT2D eigenvalue weighted by Gasteiger charge is 2.64.